The first-order valence-electron chi connectivity index (χ1n) is 5.77. The highest BCUT2D eigenvalue weighted by molar-refractivity contribution is 7.80. The standard InChI is InChI=1S/C11H21NO2S/c1-2-8-14-9-5-11(13)12-6-3-10(15)4-7-12/h10,15H,2-9H2,1H3. The van der Waals surface area contributed by atoms with E-state index < -0.39 is 0 Å². The summed E-state index contributed by atoms with van der Waals surface area (Å²) >= 11 is 4.41. The highest BCUT2D eigenvalue weighted by Gasteiger charge is 2.19. The summed E-state index contributed by atoms with van der Waals surface area (Å²) in [6.07, 6.45) is 3.58. The molecule has 1 amide bonds. The molecule has 3 nitrogen and oxygen atoms in total. The predicted octanol–water partition coefficient (Wildman–Crippen LogP) is 1.72. The molecule has 0 aromatic heterocycles. The number of likely N-dealkylation sites (tertiary alicyclic amines) is 1. The molecule has 1 aliphatic rings. The van der Waals surface area contributed by atoms with Crippen molar-refractivity contribution in [1.82, 2.24) is 4.90 Å². The van der Waals surface area contributed by atoms with Gasteiger partial charge in [-0.05, 0) is 19.3 Å². The monoisotopic (exact) mass is 231 g/mol. The van der Waals surface area contributed by atoms with Crippen LogP contribution in [0.3, 0.4) is 0 Å². The molecular weight excluding hydrogens is 210 g/mol. The van der Waals surface area contributed by atoms with Gasteiger partial charge >= 0.3 is 0 Å². The second kappa shape index (κ2) is 7.12. The molecule has 1 aliphatic heterocycles. The lowest BCUT2D eigenvalue weighted by Gasteiger charge is -2.29. The normalized spacial score (nSPS) is 18.1. The SMILES string of the molecule is CCCOCCC(=O)N1CCC(S)CC1. The maximum atomic E-state index is 11.7. The van der Waals surface area contributed by atoms with Gasteiger partial charge in [-0.25, -0.2) is 0 Å². The minimum atomic E-state index is 0.228. The van der Waals surface area contributed by atoms with Crippen LogP contribution in [0.25, 0.3) is 0 Å². The van der Waals surface area contributed by atoms with Crippen LogP contribution in [-0.2, 0) is 9.53 Å². The fourth-order valence-corrected chi connectivity index (χ4v) is 1.91. The van der Waals surface area contributed by atoms with Gasteiger partial charge in [0.15, 0.2) is 0 Å². The van der Waals surface area contributed by atoms with Crippen molar-refractivity contribution in [1.29, 1.82) is 0 Å². The first kappa shape index (κ1) is 12.8. The molecule has 1 saturated heterocycles. The number of rotatable bonds is 5. The summed E-state index contributed by atoms with van der Waals surface area (Å²) in [4.78, 5) is 13.6. The van der Waals surface area contributed by atoms with Crippen LogP contribution in [0.1, 0.15) is 32.6 Å². The maximum absolute atomic E-state index is 11.7. The Morgan fingerprint density at radius 2 is 2.07 bits per heavy atom. The molecule has 0 aromatic rings. The van der Waals surface area contributed by atoms with Crippen LogP contribution < -0.4 is 0 Å². The van der Waals surface area contributed by atoms with Crippen LogP contribution in [0, 0.1) is 0 Å². The largest absolute Gasteiger partial charge is 0.381 e. The van der Waals surface area contributed by atoms with Gasteiger partial charge in [0.1, 0.15) is 0 Å². The van der Waals surface area contributed by atoms with E-state index in [4.69, 9.17) is 4.74 Å². The maximum Gasteiger partial charge on any atom is 0.224 e. The second-order valence-corrected chi connectivity index (χ2v) is 4.70. The number of carbonyl (C=O) groups excluding carboxylic acids is 1. The van der Waals surface area contributed by atoms with Crippen molar-refractivity contribution in [2.75, 3.05) is 26.3 Å². The van der Waals surface area contributed by atoms with Gasteiger partial charge < -0.3 is 9.64 Å². The fourth-order valence-electron chi connectivity index (χ4n) is 1.68. The third-order valence-electron chi connectivity index (χ3n) is 2.63. The molecule has 0 aliphatic carbocycles. The zero-order valence-electron chi connectivity index (χ0n) is 9.45. The zero-order chi connectivity index (χ0) is 11.1. The molecule has 1 fully saturated rings. The topological polar surface area (TPSA) is 29.5 Å². The number of hydrogen-bond acceptors (Lipinski definition) is 3. The van der Waals surface area contributed by atoms with Gasteiger partial charge in [0, 0.05) is 24.9 Å². The minimum Gasteiger partial charge on any atom is -0.381 e. The lowest BCUT2D eigenvalue weighted by atomic mass is 10.1. The predicted molar refractivity (Wildman–Crippen MR) is 64.3 cm³/mol. The lowest BCUT2D eigenvalue weighted by Crippen LogP contribution is -2.39. The molecule has 0 N–H and O–H groups in total. The number of thiol groups is 1. The van der Waals surface area contributed by atoms with Gasteiger partial charge in [-0.15, -0.1) is 0 Å². The average molecular weight is 231 g/mol. The van der Waals surface area contributed by atoms with E-state index in [2.05, 4.69) is 19.6 Å². The van der Waals surface area contributed by atoms with Crippen molar-refractivity contribution >= 4 is 18.5 Å². The Balaban J connectivity index is 2.11. The molecule has 0 atom stereocenters. The van der Waals surface area contributed by atoms with Crippen molar-refractivity contribution in [3.05, 3.63) is 0 Å². The molecular formula is C11H21NO2S. The quantitative estimate of drug-likeness (QED) is 0.577. The molecule has 4 heteroatoms. The summed E-state index contributed by atoms with van der Waals surface area (Å²) in [6, 6.07) is 0. The van der Waals surface area contributed by atoms with Crippen molar-refractivity contribution < 1.29 is 9.53 Å². The summed E-state index contributed by atoms with van der Waals surface area (Å²) in [5, 5.41) is 0.477. The molecule has 15 heavy (non-hydrogen) atoms. The van der Waals surface area contributed by atoms with Crippen LogP contribution in [-0.4, -0.2) is 42.4 Å². The van der Waals surface area contributed by atoms with E-state index in [0.29, 0.717) is 18.3 Å². The first-order valence-corrected chi connectivity index (χ1v) is 6.29. The fraction of sp³-hybridized carbons (Fsp3) is 0.909. The lowest BCUT2D eigenvalue weighted by molar-refractivity contribution is -0.133. The van der Waals surface area contributed by atoms with Crippen LogP contribution >= 0.6 is 12.6 Å². The Morgan fingerprint density at radius 1 is 1.40 bits per heavy atom. The van der Waals surface area contributed by atoms with Crippen LogP contribution in [0.15, 0.2) is 0 Å². The van der Waals surface area contributed by atoms with E-state index in [1.165, 1.54) is 0 Å². The number of carbonyl (C=O) groups is 1. The summed E-state index contributed by atoms with van der Waals surface area (Å²) < 4.78 is 5.30. The third kappa shape index (κ3) is 4.89. The van der Waals surface area contributed by atoms with Crippen molar-refractivity contribution in [2.45, 2.75) is 37.9 Å². The van der Waals surface area contributed by atoms with Gasteiger partial charge in [-0.3, -0.25) is 4.79 Å². The summed E-state index contributed by atoms with van der Waals surface area (Å²) in [7, 11) is 0. The smallest absolute Gasteiger partial charge is 0.224 e. The van der Waals surface area contributed by atoms with Crippen LogP contribution in [0.4, 0.5) is 0 Å². The molecule has 0 bridgehead atoms. The Morgan fingerprint density at radius 3 is 2.67 bits per heavy atom. The molecule has 0 spiro atoms. The van der Waals surface area contributed by atoms with Gasteiger partial charge in [0.25, 0.3) is 0 Å². The van der Waals surface area contributed by atoms with E-state index in [-0.39, 0.29) is 5.91 Å². The molecule has 0 saturated carbocycles. The molecule has 1 heterocycles. The zero-order valence-corrected chi connectivity index (χ0v) is 10.3. The first-order chi connectivity index (χ1) is 7.24. The molecule has 88 valence electrons. The Labute approximate surface area is 97.6 Å². The Hall–Kier alpha value is -0.220. The third-order valence-corrected chi connectivity index (χ3v) is 3.14. The van der Waals surface area contributed by atoms with Gasteiger partial charge in [0.2, 0.25) is 5.91 Å². The van der Waals surface area contributed by atoms with E-state index in [0.717, 1.165) is 39.0 Å². The van der Waals surface area contributed by atoms with E-state index >= 15 is 0 Å². The number of nitrogens with zero attached hydrogens (tertiary/aromatic N) is 1. The Bertz CT molecular complexity index is 191. The van der Waals surface area contributed by atoms with Gasteiger partial charge in [-0.2, -0.15) is 12.6 Å². The number of ether oxygens (including phenoxy) is 1. The van der Waals surface area contributed by atoms with Crippen molar-refractivity contribution in [3.8, 4) is 0 Å². The number of amides is 1. The van der Waals surface area contributed by atoms with E-state index in [9.17, 15) is 4.79 Å². The molecule has 0 radical (unpaired) electrons. The highest BCUT2D eigenvalue weighted by atomic mass is 32.1. The number of piperidine rings is 1. The van der Waals surface area contributed by atoms with Crippen molar-refractivity contribution in [3.63, 3.8) is 0 Å². The second-order valence-electron chi connectivity index (χ2n) is 3.97. The number of hydrogen-bond donors (Lipinski definition) is 1. The minimum absolute atomic E-state index is 0.228. The van der Waals surface area contributed by atoms with E-state index in [1.807, 2.05) is 4.90 Å². The molecule has 0 aromatic carbocycles. The summed E-state index contributed by atoms with van der Waals surface area (Å²) in [6.45, 7) is 5.11. The van der Waals surface area contributed by atoms with Gasteiger partial charge in [-0.1, -0.05) is 6.92 Å². The summed E-state index contributed by atoms with van der Waals surface area (Å²) in [5.41, 5.74) is 0. The van der Waals surface area contributed by atoms with Crippen LogP contribution in [0.2, 0.25) is 0 Å². The van der Waals surface area contributed by atoms with Crippen molar-refractivity contribution in [2.24, 2.45) is 0 Å². The average Bonchev–Trinajstić information content (AvgIpc) is 2.25. The molecule has 1 rings (SSSR count). The van der Waals surface area contributed by atoms with Gasteiger partial charge in [0.05, 0.1) is 13.0 Å². The Kier molecular flexibility index (Phi) is 6.10. The summed E-state index contributed by atoms with van der Waals surface area (Å²) in [5.74, 6) is 0.228. The van der Waals surface area contributed by atoms with Crippen LogP contribution in [0.5, 0.6) is 0 Å². The van der Waals surface area contributed by atoms with E-state index in [1.54, 1.807) is 0 Å². The molecule has 0 unspecified atom stereocenters. The highest BCUT2D eigenvalue weighted by Crippen LogP contribution is 2.15.